The predicted octanol–water partition coefficient (Wildman–Crippen LogP) is 7.68. The molecule has 3 rings (SSSR count). The van der Waals surface area contributed by atoms with Crippen LogP contribution in [-0.2, 0) is 6.54 Å². The Morgan fingerprint density at radius 1 is 1.18 bits per heavy atom. The Kier molecular flexibility index (Phi) is 12.9. The van der Waals surface area contributed by atoms with Crippen molar-refractivity contribution in [1.82, 2.24) is 19.0 Å². The minimum Gasteiger partial charge on any atom is -0.371 e. The van der Waals surface area contributed by atoms with E-state index in [1.807, 2.05) is 42.3 Å². The second-order valence-corrected chi connectivity index (χ2v) is 10.9. The number of pyridine rings is 1. The number of rotatable bonds is 12. The van der Waals surface area contributed by atoms with Crippen LogP contribution in [-0.4, -0.2) is 44.9 Å². The van der Waals surface area contributed by atoms with Crippen molar-refractivity contribution < 1.29 is 0 Å². The number of allylic oxidation sites excluding steroid dienone is 4. The summed E-state index contributed by atoms with van der Waals surface area (Å²) in [6, 6.07) is 0.130. The third-order valence-corrected chi connectivity index (χ3v) is 7.81. The largest absolute Gasteiger partial charge is 0.371 e. The highest BCUT2D eigenvalue weighted by molar-refractivity contribution is 6.05. The molecule has 2 aromatic heterocycles. The number of aliphatic imine (C=N–C) groups is 1. The van der Waals surface area contributed by atoms with Gasteiger partial charge in [0.2, 0.25) is 0 Å². The number of imidazole rings is 1. The number of fused-ring (bicyclic) bond motifs is 1. The minimum atomic E-state index is 0.0165. The maximum Gasteiger partial charge on any atom is 0.276 e. The van der Waals surface area contributed by atoms with Gasteiger partial charge in [-0.1, -0.05) is 67.2 Å². The molecule has 3 atom stereocenters. The van der Waals surface area contributed by atoms with Crippen molar-refractivity contribution in [2.45, 2.75) is 94.2 Å². The lowest BCUT2D eigenvalue weighted by molar-refractivity contribution is 0.375. The molecule has 0 aromatic carbocycles. The summed E-state index contributed by atoms with van der Waals surface area (Å²) in [5.41, 5.74) is 5.46. The summed E-state index contributed by atoms with van der Waals surface area (Å²) in [6.07, 6.45) is 13.0. The Morgan fingerprint density at radius 3 is 2.40 bits per heavy atom. The number of anilines is 1. The lowest BCUT2D eigenvalue weighted by Crippen LogP contribution is -2.29. The van der Waals surface area contributed by atoms with Crippen LogP contribution in [0.4, 0.5) is 5.69 Å². The van der Waals surface area contributed by atoms with Gasteiger partial charge >= 0.3 is 0 Å². The van der Waals surface area contributed by atoms with Crippen LogP contribution in [0.25, 0.3) is 11.0 Å². The summed E-state index contributed by atoms with van der Waals surface area (Å²) in [5, 5.41) is 3.66. The Hall–Kier alpha value is -3.09. The molecule has 2 aromatic rings. The molecule has 0 spiro atoms. The molecular weight excluding hydrogens is 496 g/mol. The van der Waals surface area contributed by atoms with E-state index in [4.69, 9.17) is 4.98 Å². The Morgan fingerprint density at radius 2 is 1.85 bits per heavy atom. The molecule has 3 unspecified atom stereocenters. The molecule has 0 radical (unpaired) electrons. The van der Waals surface area contributed by atoms with Crippen LogP contribution in [0.1, 0.15) is 87.6 Å². The first kappa shape index (κ1) is 33.1. The monoisotopic (exact) mass is 550 g/mol. The average molecular weight is 551 g/mol. The molecule has 0 saturated carbocycles. The summed E-state index contributed by atoms with van der Waals surface area (Å²) in [7, 11) is 1.86. The van der Waals surface area contributed by atoms with Crippen molar-refractivity contribution in [1.29, 1.82) is 0 Å². The zero-order valence-corrected chi connectivity index (χ0v) is 26.8. The molecule has 1 N–H and O–H groups in total. The molecule has 40 heavy (non-hydrogen) atoms. The van der Waals surface area contributed by atoms with E-state index in [0.29, 0.717) is 35.3 Å². The van der Waals surface area contributed by atoms with Gasteiger partial charge in [-0.3, -0.25) is 9.79 Å². The lowest BCUT2D eigenvalue weighted by Gasteiger charge is -2.22. The van der Waals surface area contributed by atoms with E-state index < -0.39 is 0 Å². The quantitative estimate of drug-likeness (QED) is 0.217. The molecule has 0 aliphatic carbocycles. The molecule has 0 amide bonds. The van der Waals surface area contributed by atoms with E-state index in [0.717, 1.165) is 49.4 Å². The summed E-state index contributed by atoms with van der Waals surface area (Å²) in [6.45, 7) is 25.7. The van der Waals surface area contributed by atoms with E-state index in [1.54, 1.807) is 6.33 Å². The topological polar surface area (TPSA) is 67.5 Å². The SMILES string of the molecule is C=C/C(=C/CC)N1CC(C)C(Cn2cc(N/C(=C/CC)C(=NC)C(C)CC)c3ncn(C(C)C)c3c2=O)C1.CC. The third kappa shape index (κ3) is 7.35. The zero-order valence-electron chi connectivity index (χ0n) is 26.8. The zero-order chi connectivity index (χ0) is 30.0. The van der Waals surface area contributed by atoms with Crippen molar-refractivity contribution >= 4 is 22.4 Å². The Bertz CT molecular complexity index is 1260. The van der Waals surface area contributed by atoms with Crippen LogP contribution >= 0.6 is 0 Å². The first-order chi connectivity index (χ1) is 19.2. The predicted molar refractivity (Wildman–Crippen MR) is 173 cm³/mol. The van der Waals surface area contributed by atoms with Crippen molar-refractivity contribution in [2.24, 2.45) is 22.7 Å². The van der Waals surface area contributed by atoms with Crippen LogP contribution in [0, 0.1) is 17.8 Å². The average Bonchev–Trinajstić information content (AvgIpc) is 3.55. The van der Waals surface area contributed by atoms with Gasteiger partial charge in [0, 0.05) is 44.6 Å². The maximum absolute atomic E-state index is 13.9. The smallest absolute Gasteiger partial charge is 0.276 e. The second-order valence-electron chi connectivity index (χ2n) is 10.9. The minimum absolute atomic E-state index is 0.0165. The van der Waals surface area contributed by atoms with Gasteiger partial charge in [-0.05, 0) is 56.9 Å². The van der Waals surface area contributed by atoms with Gasteiger partial charge in [-0.2, -0.15) is 0 Å². The lowest BCUT2D eigenvalue weighted by atomic mass is 9.98. The third-order valence-electron chi connectivity index (χ3n) is 7.81. The summed E-state index contributed by atoms with van der Waals surface area (Å²) >= 11 is 0. The molecule has 1 saturated heterocycles. The van der Waals surface area contributed by atoms with Gasteiger partial charge in [0.25, 0.3) is 5.56 Å². The number of aromatic nitrogens is 3. The summed E-state index contributed by atoms with van der Waals surface area (Å²) in [5.74, 6) is 1.14. The molecule has 7 nitrogen and oxygen atoms in total. The highest BCUT2D eigenvalue weighted by atomic mass is 16.1. The van der Waals surface area contributed by atoms with E-state index in [2.05, 4.69) is 82.4 Å². The number of nitrogens with one attached hydrogen (secondary N) is 1. The molecule has 7 heteroatoms. The van der Waals surface area contributed by atoms with Crippen LogP contribution in [0.3, 0.4) is 0 Å². The van der Waals surface area contributed by atoms with Gasteiger partial charge in [-0.15, -0.1) is 0 Å². The van der Waals surface area contributed by atoms with Crippen LogP contribution in [0.15, 0.2) is 58.5 Å². The number of nitrogens with zero attached hydrogens (tertiary/aromatic N) is 5. The van der Waals surface area contributed by atoms with E-state index >= 15 is 0 Å². The first-order valence-electron chi connectivity index (χ1n) is 15.3. The standard InChI is InChI=1S/C31H48N6O.C2H6/c1-10-14-25(13-4)35-16-23(8)24(17-35)18-36-19-27(29-30(31(36)38)37(20-33-29)21(5)6)34-26(15-11-2)28(32-9)22(7)12-3;1-2/h13-15,19-24,34H,4,10-12,16-18H2,1-3,5-9H3;1-2H3/b25-14-,26-15+,32-28?;. The van der Waals surface area contributed by atoms with Gasteiger partial charge in [-0.25, -0.2) is 4.98 Å². The van der Waals surface area contributed by atoms with Gasteiger partial charge < -0.3 is 19.4 Å². The molecule has 0 bridgehead atoms. The Balaban J connectivity index is 0.00000274. The fraction of sp³-hybridized carbons (Fsp3) is 0.606. The van der Waals surface area contributed by atoms with E-state index in [9.17, 15) is 4.79 Å². The fourth-order valence-electron chi connectivity index (χ4n) is 5.45. The number of hydrogen-bond donors (Lipinski definition) is 1. The normalized spacial score (nSPS) is 19.2. The molecular formula is C33H54N6O. The summed E-state index contributed by atoms with van der Waals surface area (Å²) < 4.78 is 3.90. The second kappa shape index (κ2) is 15.6. The summed E-state index contributed by atoms with van der Waals surface area (Å²) in [4.78, 5) is 25.6. The van der Waals surface area contributed by atoms with Crippen LogP contribution < -0.4 is 10.9 Å². The molecule has 1 aliphatic heterocycles. The highest BCUT2D eigenvalue weighted by Gasteiger charge is 2.31. The first-order valence-corrected chi connectivity index (χ1v) is 15.3. The van der Waals surface area contributed by atoms with Gasteiger partial charge in [0.05, 0.1) is 23.4 Å². The molecule has 3 heterocycles. The van der Waals surface area contributed by atoms with Crippen molar-refractivity contribution in [3.8, 4) is 0 Å². The Labute approximate surface area is 242 Å². The molecule has 1 aliphatic rings. The van der Waals surface area contributed by atoms with Crippen molar-refractivity contribution in [3.05, 3.63) is 59.1 Å². The van der Waals surface area contributed by atoms with Gasteiger partial charge in [0.15, 0.2) is 0 Å². The molecule has 1 fully saturated rings. The number of hydrogen-bond acceptors (Lipinski definition) is 5. The maximum atomic E-state index is 13.9. The molecule has 222 valence electrons. The van der Waals surface area contributed by atoms with Crippen LogP contribution in [0.2, 0.25) is 0 Å². The highest BCUT2D eigenvalue weighted by Crippen LogP contribution is 2.30. The van der Waals surface area contributed by atoms with Crippen molar-refractivity contribution in [2.75, 3.05) is 25.5 Å². The fourth-order valence-corrected chi connectivity index (χ4v) is 5.45. The van der Waals surface area contributed by atoms with E-state index in [-0.39, 0.29) is 11.6 Å². The van der Waals surface area contributed by atoms with Gasteiger partial charge in [0.1, 0.15) is 11.0 Å². The van der Waals surface area contributed by atoms with E-state index in [1.165, 1.54) is 5.70 Å². The van der Waals surface area contributed by atoms with Crippen LogP contribution in [0.5, 0.6) is 0 Å². The van der Waals surface area contributed by atoms with Crippen molar-refractivity contribution in [3.63, 3.8) is 0 Å². The number of likely N-dealkylation sites (tertiary alicyclic amines) is 1.